The quantitative estimate of drug-likeness (QED) is 0.887. The Hall–Kier alpha value is -2.40. The number of aromatic nitrogens is 1. The molecule has 2 aromatic rings. The van der Waals surface area contributed by atoms with Crippen LogP contribution < -0.4 is 16.0 Å². The second-order valence-corrected chi connectivity index (χ2v) is 5.83. The van der Waals surface area contributed by atoms with Crippen molar-refractivity contribution in [1.82, 2.24) is 10.3 Å². The molecule has 0 aliphatic carbocycles. The minimum Gasteiger partial charge on any atom is -0.357 e. The van der Waals surface area contributed by atoms with Crippen LogP contribution in [-0.2, 0) is 0 Å². The standard InChI is InChI=1S/C18H22N4O/c19-16(14-6-2-1-3-7-14)13-21-18(23)15-8-9-17(20-12-15)22-10-4-5-11-22/h1-3,6-9,12,16H,4-5,10-11,13,19H2,(H,21,23). The molecule has 23 heavy (non-hydrogen) atoms. The molecule has 1 aliphatic heterocycles. The molecule has 0 spiro atoms. The normalized spacial score (nSPS) is 15.4. The van der Waals surface area contributed by atoms with Crippen LogP contribution >= 0.6 is 0 Å². The van der Waals surface area contributed by atoms with E-state index in [-0.39, 0.29) is 11.9 Å². The first-order chi connectivity index (χ1) is 11.2. The van der Waals surface area contributed by atoms with Gasteiger partial charge in [-0.25, -0.2) is 4.98 Å². The van der Waals surface area contributed by atoms with Crippen molar-refractivity contribution in [3.63, 3.8) is 0 Å². The van der Waals surface area contributed by atoms with Crippen molar-refractivity contribution in [3.05, 3.63) is 59.8 Å². The predicted octanol–water partition coefficient (Wildman–Crippen LogP) is 2.11. The molecule has 1 aromatic heterocycles. The summed E-state index contributed by atoms with van der Waals surface area (Å²) in [6.07, 6.45) is 4.06. The third kappa shape index (κ3) is 3.87. The molecule has 1 aliphatic rings. The zero-order chi connectivity index (χ0) is 16.1. The van der Waals surface area contributed by atoms with Gasteiger partial charge in [-0.3, -0.25) is 4.79 Å². The summed E-state index contributed by atoms with van der Waals surface area (Å²) in [4.78, 5) is 18.8. The summed E-state index contributed by atoms with van der Waals surface area (Å²) in [5.41, 5.74) is 7.66. The van der Waals surface area contributed by atoms with Crippen molar-refractivity contribution in [2.75, 3.05) is 24.5 Å². The predicted molar refractivity (Wildman–Crippen MR) is 91.4 cm³/mol. The van der Waals surface area contributed by atoms with Crippen LogP contribution in [0.25, 0.3) is 0 Å². The highest BCUT2D eigenvalue weighted by Crippen LogP contribution is 2.17. The Morgan fingerprint density at radius 1 is 1.17 bits per heavy atom. The average molecular weight is 310 g/mol. The molecule has 0 saturated carbocycles. The summed E-state index contributed by atoms with van der Waals surface area (Å²) in [7, 11) is 0. The Labute approximate surface area is 136 Å². The van der Waals surface area contributed by atoms with Crippen molar-refractivity contribution in [3.8, 4) is 0 Å². The van der Waals surface area contributed by atoms with Crippen molar-refractivity contribution < 1.29 is 4.79 Å². The molecule has 5 heteroatoms. The lowest BCUT2D eigenvalue weighted by atomic mass is 10.1. The van der Waals surface area contributed by atoms with Crippen LogP contribution in [0.1, 0.15) is 34.8 Å². The van der Waals surface area contributed by atoms with E-state index in [9.17, 15) is 4.79 Å². The highest BCUT2D eigenvalue weighted by Gasteiger charge is 2.14. The summed E-state index contributed by atoms with van der Waals surface area (Å²) in [6.45, 7) is 2.49. The molecule has 0 bridgehead atoms. The lowest BCUT2D eigenvalue weighted by molar-refractivity contribution is 0.0951. The van der Waals surface area contributed by atoms with Crippen LogP contribution in [0.4, 0.5) is 5.82 Å². The highest BCUT2D eigenvalue weighted by atomic mass is 16.1. The number of amides is 1. The molecule has 1 aromatic carbocycles. The lowest BCUT2D eigenvalue weighted by Crippen LogP contribution is -2.32. The van der Waals surface area contributed by atoms with E-state index in [0.29, 0.717) is 12.1 Å². The molecule has 120 valence electrons. The Morgan fingerprint density at radius 3 is 2.57 bits per heavy atom. The molecule has 5 nitrogen and oxygen atoms in total. The van der Waals surface area contributed by atoms with Crippen molar-refractivity contribution in [2.24, 2.45) is 5.73 Å². The first kappa shape index (κ1) is 15.5. The largest absolute Gasteiger partial charge is 0.357 e. The lowest BCUT2D eigenvalue weighted by Gasteiger charge is -2.16. The molecule has 1 saturated heterocycles. The smallest absolute Gasteiger partial charge is 0.252 e. The molecule has 3 rings (SSSR count). The molecule has 2 heterocycles. The maximum Gasteiger partial charge on any atom is 0.252 e. The van der Waals surface area contributed by atoms with Gasteiger partial charge in [0.2, 0.25) is 0 Å². The molecule has 1 amide bonds. The van der Waals surface area contributed by atoms with Gasteiger partial charge in [0.15, 0.2) is 0 Å². The Balaban J connectivity index is 1.55. The van der Waals surface area contributed by atoms with Crippen molar-refractivity contribution in [1.29, 1.82) is 0 Å². The highest BCUT2D eigenvalue weighted by molar-refractivity contribution is 5.94. The van der Waals surface area contributed by atoms with E-state index < -0.39 is 0 Å². The summed E-state index contributed by atoms with van der Waals surface area (Å²) >= 11 is 0. The number of nitrogens with two attached hydrogens (primary N) is 1. The number of pyridine rings is 1. The second-order valence-electron chi connectivity index (χ2n) is 5.83. The Kier molecular flexibility index (Phi) is 4.88. The summed E-state index contributed by atoms with van der Waals surface area (Å²) < 4.78 is 0. The van der Waals surface area contributed by atoms with Crippen molar-refractivity contribution >= 4 is 11.7 Å². The first-order valence-electron chi connectivity index (χ1n) is 8.04. The van der Waals surface area contributed by atoms with Gasteiger partial charge >= 0.3 is 0 Å². The first-order valence-corrected chi connectivity index (χ1v) is 8.04. The number of carbonyl (C=O) groups excluding carboxylic acids is 1. The van der Waals surface area contributed by atoms with Crippen molar-refractivity contribution in [2.45, 2.75) is 18.9 Å². The van der Waals surface area contributed by atoms with Gasteiger partial charge in [0.1, 0.15) is 5.82 Å². The third-order valence-corrected chi connectivity index (χ3v) is 4.15. The van der Waals surface area contributed by atoms with E-state index in [1.807, 2.05) is 42.5 Å². The van der Waals surface area contributed by atoms with E-state index in [1.54, 1.807) is 6.20 Å². The molecule has 3 N–H and O–H groups in total. The van der Waals surface area contributed by atoms with Gasteiger partial charge in [-0.1, -0.05) is 30.3 Å². The number of nitrogens with zero attached hydrogens (tertiary/aromatic N) is 2. The van der Waals surface area contributed by atoms with E-state index in [2.05, 4.69) is 15.2 Å². The number of hydrogen-bond donors (Lipinski definition) is 2. The van der Waals surface area contributed by atoms with Crippen LogP contribution in [0.2, 0.25) is 0 Å². The maximum atomic E-state index is 12.2. The number of benzene rings is 1. The summed E-state index contributed by atoms with van der Waals surface area (Å²) in [6, 6.07) is 13.3. The van der Waals surface area contributed by atoms with E-state index >= 15 is 0 Å². The SMILES string of the molecule is NC(CNC(=O)c1ccc(N2CCCC2)nc1)c1ccccc1. The monoisotopic (exact) mass is 310 g/mol. The maximum absolute atomic E-state index is 12.2. The molecule has 1 fully saturated rings. The fourth-order valence-corrected chi connectivity index (χ4v) is 2.78. The van der Waals surface area contributed by atoms with Gasteiger partial charge in [0.25, 0.3) is 5.91 Å². The fourth-order valence-electron chi connectivity index (χ4n) is 2.78. The average Bonchev–Trinajstić information content (AvgIpc) is 3.15. The number of hydrogen-bond acceptors (Lipinski definition) is 4. The van der Waals surface area contributed by atoms with Gasteiger partial charge < -0.3 is 16.0 Å². The zero-order valence-electron chi connectivity index (χ0n) is 13.1. The molecular formula is C18H22N4O. The van der Waals surface area contributed by atoms with Crippen LogP contribution in [0.3, 0.4) is 0 Å². The molecule has 0 radical (unpaired) electrons. The minimum atomic E-state index is -0.211. The van der Waals surface area contributed by atoms with Gasteiger partial charge in [0, 0.05) is 31.9 Å². The molecular weight excluding hydrogens is 288 g/mol. The number of carbonyl (C=O) groups is 1. The Bertz CT molecular complexity index is 636. The van der Waals surface area contributed by atoms with E-state index in [1.165, 1.54) is 12.8 Å². The summed E-state index contributed by atoms with van der Waals surface area (Å²) in [5.74, 6) is 0.803. The van der Waals surface area contributed by atoms with Gasteiger partial charge in [-0.15, -0.1) is 0 Å². The van der Waals surface area contributed by atoms with Gasteiger partial charge in [0.05, 0.1) is 5.56 Å². The topological polar surface area (TPSA) is 71.2 Å². The van der Waals surface area contributed by atoms with Gasteiger partial charge in [-0.05, 0) is 30.5 Å². The summed E-state index contributed by atoms with van der Waals surface area (Å²) in [5, 5.41) is 2.87. The van der Waals surface area contributed by atoms with E-state index in [0.717, 1.165) is 24.5 Å². The number of nitrogens with one attached hydrogen (secondary N) is 1. The third-order valence-electron chi connectivity index (χ3n) is 4.15. The Morgan fingerprint density at radius 2 is 1.91 bits per heavy atom. The zero-order valence-corrected chi connectivity index (χ0v) is 13.1. The fraction of sp³-hybridized carbons (Fsp3) is 0.333. The second kappa shape index (κ2) is 7.24. The number of rotatable bonds is 5. The van der Waals surface area contributed by atoms with Gasteiger partial charge in [-0.2, -0.15) is 0 Å². The van der Waals surface area contributed by atoms with Crippen LogP contribution in [0.15, 0.2) is 48.7 Å². The van der Waals surface area contributed by atoms with Crippen LogP contribution in [0.5, 0.6) is 0 Å². The van der Waals surface area contributed by atoms with Crippen LogP contribution in [-0.4, -0.2) is 30.5 Å². The van der Waals surface area contributed by atoms with E-state index in [4.69, 9.17) is 5.73 Å². The molecule has 1 unspecified atom stereocenters. The van der Waals surface area contributed by atoms with Crippen LogP contribution in [0, 0.1) is 0 Å². The molecule has 1 atom stereocenters. The minimum absolute atomic E-state index is 0.142. The number of anilines is 1.